The summed E-state index contributed by atoms with van der Waals surface area (Å²) in [5, 5.41) is 3.42. The molecule has 0 fully saturated rings. The minimum absolute atomic E-state index is 0. The van der Waals surface area contributed by atoms with E-state index in [0.717, 1.165) is 5.56 Å². The summed E-state index contributed by atoms with van der Waals surface area (Å²) in [5.41, 5.74) is 7.32. The van der Waals surface area contributed by atoms with Gasteiger partial charge >= 0.3 is 0 Å². The number of benzene rings is 1. The van der Waals surface area contributed by atoms with Crippen LogP contribution in [0.2, 0.25) is 5.02 Å². The van der Waals surface area contributed by atoms with E-state index in [-0.39, 0.29) is 24.2 Å². The number of halogens is 2. The number of amides is 1. The van der Waals surface area contributed by atoms with E-state index in [0.29, 0.717) is 10.7 Å². The maximum atomic E-state index is 11.7. The van der Waals surface area contributed by atoms with Crippen LogP contribution in [0.5, 0.6) is 0 Å². The molecule has 3 nitrogen and oxygen atoms in total. The second kappa shape index (κ2) is 6.84. The third kappa shape index (κ3) is 4.19. The summed E-state index contributed by atoms with van der Waals surface area (Å²) >= 11 is 5.96. The van der Waals surface area contributed by atoms with Crippen molar-refractivity contribution in [2.45, 2.75) is 26.8 Å². The summed E-state index contributed by atoms with van der Waals surface area (Å²) in [6, 6.07) is 4.89. The first kappa shape index (κ1) is 16.2. The molecule has 0 aliphatic heterocycles. The van der Waals surface area contributed by atoms with Crippen molar-refractivity contribution >= 4 is 35.6 Å². The highest BCUT2D eigenvalue weighted by Gasteiger charge is 2.17. The quantitative estimate of drug-likeness (QED) is 0.892. The fourth-order valence-corrected chi connectivity index (χ4v) is 1.44. The number of carbonyl (C=O) groups is 1. The number of nitrogens with two attached hydrogens (primary N) is 1. The maximum Gasteiger partial charge on any atom is 0.241 e. The van der Waals surface area contributed by atoms with E-state index in [4.69, 9.17) is 17.3 Å². The van der Waals surface area contributed by atoms with Crippen LogP contribution in [0.1, 0.15) is 19.4 Å². The van der Waals surface area contributed by atoms with Crippen LogP contribution in [0, 0.1) is 12.8 Å². The van der Waals surface area contributed by atoms with Crippen LogP contribution in [0.25, 0.3) is 0 Å². The molecule has 0 saturated carbocycles. The van der Waals surface area contributed by atoms with Crippen LogP contribution in [0.3, 0.4) is 0 Å². The molecule has 0 unspecified atom stereocenters. The van der Waals surface area contributed by atoms with Gasteiger partial charge in [0.15, 0.2) is 0 Å². The fourth-order valence-electron chi connectivity index (χ4n) is 1.26. The van der Waals surface area contributed by atoms with E-state index < -0.39 is 6.04 Å². The number of anilines is 1. The minimum Gasteiger partial charge on any atom is -0.324 e. The minimum atomic E-state index is -0.501. The van der Waals surface area contributed by atoms with Crippen molar-refractivity contribution in [2.75, 3.05) is 5.32 Å². The predicted octanol–water partition coefficient (Wildman–Crippen LogP) is 2.99. The van der Waals surface area contributed by atoms with E-state index in [1.807, 2.05) is 26.8 Å². The first-order valence-electron chi connectivity index (χ1n) is 5.25. The summed E-state index contributed by atoms with van der Waals surface area (Å²) in [6.07, 6.45) is 0. The van der Waals surface area contributed by atoms with Gasteiger partial charge in [0, 0.05) is 10.7 Å². The monoisotopic (exact) mass is 276 g/mol. The smallest absolute Gasteiger partial charge is 0.241 e. The molecular formula is C12H18Cl2N2O. The summed E-state index contributed by atoms with van der Waals surface area (Å²) < 4.78 is 0. The Morgan fingerprint density at radius 1 is 1.41 bits per heavy atom. The van der Waals surface area contributed by atoms with Gasteiger partial charge in [0.05, 0.1) is 6.04 Å². The average molecular weight is 277 g/mol. The van der Waals surface area contributed by atoms with Crippen molar-refractivity contribution in [3.63, 3.8) is 0 Å². The lowest BCUT2D eigenvalue weighted by Crippen LogP contribution is -2.39. The third-order valence-electron chi connectivity index (χ3n) is 2.55. The Hall–Kier alpha value is -0.770. The third-order valence-corrected chi connectivity index (χ3v) is 2.96. The molecule has 0 aromatic heterocycles. The maximum absolute atomic E-state index is 11.7. The highest BCUT2D eigenvalue weighted by atomic mass is 35.5. The molecule has 0 aliphatic rings. The van der Waals surface area contributed by atoms with Crippen molar-refractivity contribution in [1.82, 2.24) is 0 Å². The van der Waals surface area contributed by atoms with Crippen LogP contribution in [0.15, 0.2) is 18.2 Å². The van der Waals surface area contributed by atoms with Crippen LogP contribution in [0.4, 0.5) is 5.69 Å². The van der Waals surface area contributed by atoms with Gasteiger partial charge < -0.3 is 11.1 Å². The Kier molecular flexibility index (Phi) is 6.53. The van der Waals surface area contributed by atoms with Gasteiger partial charge in [-0.2, -0.15) is 0 Å². The van der Waals surface area contributed by atoms with E-state index in [2.05, 4.69) is 5.32 Å². The molecule has 3 N–H and O–H groups in total. The molecule has 0 heterocycles. The van der Waals surface area contributed by atoms with Gasteiger partial charge in [-0.1, -0.05) is 31.5 Å². The molecule has 1 atom stereocenters. The molecule has 1 rings (SSSR count). The number of hydrogen-bond donors (Lipinski definition) is 2. The number of nitrogens with one attached hydrogen (secondary N) is 1. The molecule has 1 aromatic carbocycles. The van der Waals surface area contributed by atoms with Crippen molar-refractivity contribution in [2.24, 2.45) is 11.7 Å². The molecule has 0 saturated heterocycles. The zero-order valence-electron chi connectivity index (χ0n) is 10.2. The van der Waals surface area contributed by atoms with Crippen molar-refractivity contribution in [1.29, 1.82) is 0 Å². The van der Waals surface area contributed by atoms with E-state index in [9.17, 15) is 4.79 Å². The second-order valence-corrected chi connectivity index (χ2v) is 4.58. The molecule has 0 bridgehead atoms. The van der Waals surface area contributed by atoms with Crippen molar-refractivity contribution in [3.05, 3.63) is 28.8 Å². The molecule has 1 amide bonds. The summed E-state index contributed by atoms with van der Waals surface area (Å²) in [4.78, 5) is 11.7. The van der Waals surface area contributed by atoms with Gasteiger partial charge in [-0.15, -0.1) is 12.4 Å². The predicted molar refractivity (Wildman–Crippen MR) is 74.9 cm³/mol. The van der Waals surface area contributed by atoms with Gasteiger partial charge in [-0.25, -0.2) is 0 Å². The summed E-state index contributed by atoms with van der Waals surface area (Å²) in [6.45, 7) is 5.68. The molecule has 17 heavy (non-hydrogen) atoms. The number of carbonyl (C=O) groups excluding carboxylic acids is 1. The Bertz CT molecular complexity index is 394. The Morgan fingerprint density at radius 3 is 2.53 bits per heavy atom. The van der Waals surface area contributed by atoms with Crippen LogP contribution in [-0.4, -0.2) is 11.9 Å². The highest BCUT2D eigenvalue weighted by molar-refractivity contribution is 6.31. The summed E-state index contributed by atoms with van der Waals surface area (Å²) in [5.74, 6) is -0.0696. The van der Waals surface area contributed by atoms with Crippen molar-refractivity contribution in [3.8, 4) is 0 Å². The zero-order valence-corrected chi connectivity index (χ0v) is 11.7. The first-order chi connectivity index (χ1) is 7.43. The largest absolute Gasteiger partial charge is 0.324 e. The first-order valence-corrected chi connectivity index (χ1v) is 5.63. The van der Waals surface area contributed by atoms with E-state index in [1.165, 1.54) is 0 Å². The normalized spacial score (nSPS) is 11.9. The molecule has 0 spiro atoms. The van der Waals surface area contributed by atoms with E-state index >= 15 is 0 Å². The topological polar surface area (TPSA) is 55.1 Å². The standard InChI is InChI=1S/C12H17ClN2O.ClH/c1-7(2)11(14)12(16)15-10-6-4-5-9(13)8(10)3;/h4-7,11H,14H2,1-3H3,(H,15,16);1H/t11-;/m1./s1. The van der Waals surface area contributed by atoms with Crippen molar-refractivity contribution < 1.29 is 4.79 Å². The summed E-state index contributed by atoms with van der Waals surface area (Å²) in [7, 11) is 0. The van der Waals surface area contributed by atoms with Crippen LogP contribution < -0.4 is 11.1 Å². The van der Waals surface area contributed by atoms with Gasteiger partial charge in [-0.05, 0) is 30.5 Å². The molecule has 1 aromatic rings. The van der Waals surface area contributed by atoms with E-state index in [1.54, 1.807) is 12.1 Å². The van der Waals surface area contributed by atoms with Gasteiger partial charge in [0.1, 0.15) is 0 Å². The van der Waals surface area contributed by atoms with Gasteiger partial charge in [0.2, 0.25) is 5.91 Å². The van der Waals surface area contributed by atoms with Gasteiger partial charge in [-0.3, -0.25) is 4.79 Å². The average Bonchev–Trinajstić information content (AvgIpc) is 2.23. The van der Waals surface area contributed by atoms with Crippen LogP contribution in [-0.2, 0) is 4.79 Å². The lowest BCUT2D eigenvalue weighted by Gasteiger charge is -2.16. The Balaban J connectivity index is 0.00000256. The lowest BCUT2D eigenvalue weighted by atomic mass is 10.0. The van der Waals surface area contributed by atoms with Crippen LogP contribution >= 0.6 is 24.0 Å². The lowest BCUT2D eigenvalue weighted by molar-refractivity contribution is -0.118. The number of rotatable bonds is 3. The number of hydrogen-bond acceptors (Lipinski definition) is 2. The Labute approximate surface area is 113 Å². The SMILES string of the molecule is Cc1c(Cl)cccc1NC(=O)[C@H](N)C(C)C.Cl. The second-order valence-electron chi connectivity index (χ2n) is 4.17. The Morgan fingerprint density at radius 2 is 2.00 bits per heavy atom. The zero-order chi connectivity index (χ0) is 12.3. The highest BCUT2D eigenvalue weighted by Crippen LogP contribution is 2.23. The molecule has 5 heteroatoms. The molecule has 96 valence electrons. The van der Waals surface area contributed by atoms with Gasteiger partial charge in [0.25, 0.3) is 0 Å². The molecule has 0 aliphatic carbocycles. The fraction of sp³-hybridized carbons (Fsp3) is 0.417. The molecule has 0 radical (unpaired) electrons. The molecular weight excluding hydrogens is 259 g/mol.